The molecular weight excluding hydrogens is 392 g/mol. The van der Waals surface area contributed by atoms with E-state index in [9.17, 15) is 14.4 Å². The van der Waals surface area contributed by atoms with E-state index in [0.717, 1.165) is 14.2 Å². The zero-order valence-corrected chi connectivity index (χ0v) is 15.6. The van der Waals surface area contributed by atoms with Gasteiger partial charge >= 0.3 is 6.03 Å². The van der Waals surface area contributed by atoms with Crippen molar-refractivity contribution in [3.8, 4) is 0 Å². The molecule has 1 fully saturated rings. The number of aryl methyl sites for hydroxylation is 1. The minimum Gasteiger partial charge on any atom is -0.291 e. The highest BCUT2D eigenvalue weighted by Crippen LogP contribution is 2.27. The summed E-state index contributed by atoms with van der Waals surface area (Å²) in [5.74, 6) is -0.602. The molecule has 0 spiro atoms. The highest BCUT2D eigenvalue weighted by molar-refractivity contribution is 9.11. The molecule has 1 aliphatic rings. The number of Topliss-reactive ketones (excluding diaryl/α,β-unsaturated/α-hetero) is 1. The molecule has 1 atom stereocenters. The number of imide groups is 1. The van der Waals surface area contributed by atoms with E-state index in [1.54, 1.807) is 31.2 Å². The third-order valence-corrected chi connectivity index (χ3v) is 5.57. The van der Waals surface area contributed by atoms with E-state index in [1.165, 1.54) is 16.2 Å². The molecule has 0 unspecified atom stereocenters. The molecule has 0 N–H and O–H groups in total. The van der Waals surface area contributed by atoms with E-state index in [-0.39, 0.29) is 18.2 Å². The highest BCUT2D eigenvalue weighted by atomic mass is 79.9. The number of ketones is 1. The zero-order chi connectivity index (χ0) is 17.4. The van der Waals surface area contributed by atoms with E-state index < -0.39 is 12.1 Å². The summed E-state index contributed by atoms with van der Waals surface area (Å²) in [6, 6.07) is 9.75. The summed E-state index contributed by atoms with van der Waals surface area (Å²) in [6.45, 7) is 3.39. The van der Waals surface area contributed by atoms with Crippen LogP contribution >= 0.6 is 27.3 Å². The van der Waals surface area contributed by atoms with Gasteiger partial charge in [0.25, 0.3) is 5.91 Å². The molecule has 1 saturated heterocycles. The van der Waals surface area contributed by atoms with Gasteiger partial charge in [-0.3, -0.25) is 19.4 Å². The van der Waals surface area contributed by atoms with E-state index in [4.69, 9.17) is 0 Å². The first-order chi connectivity index (χ1) is 11.4. The lowest BCUT2D eigenvalue weighted by atomic mass is 10.2. The van der Waals surface area contributed by atoms with Gasteiger partial charge in [0.15, 0.2) is 5.78 Å². The fraction of sp³-hybridized carbons (Fsp3) is 0.235. The lowest BCUT2D eigenvalue weighted by molar-refractivity contribution is -0.126. The van der Waals surface area contributed by atoms with Crippen molar-refractivity contribution in [1.29, 1.82) is 0 Å². The van der Waals surface area contributed by atoms with Crippen LogP contribution in [0, 0.1) is 6.92 Å². The Labute approximate surface area is 152 Å². The van der Waals surface area contributed by atoms with Gasteiger partial charge in [0.05, 0.1) is 15.2 Å². The summed E-state index contributed by atoms with van der Waals surface area (Å²) in [6.07, 6.45) is 0. The van der Waals surface area contributed by atoms with E-state index in [0.29, 0.717) is 10.6 Å². The molecule has 1 aromatic heterocycles. The second-order valence-corrected chi connectivity index (χ2v) is 8.08. The number of nitrogens with zero attached hydrogens (tertiary/aromatic N) is 2. The molecule has 3 rings (SSSR count). The Hall–Kier alpha value is -1.99. The Morgan fingerprint density at radius 2 is 1.83 bits per heavy atom. The predicted octanol–water partition coefficient (Wildman–Crippen LogP) is 3.86. The number of rotatable bonds is 4. The van der Waals surface area contributed by atoms with Gasteiger partial charge in [0.2, 0.25) is 0 Å². The van der Waals surface area contributed by atoms with Gasteiger partial charge in [-0.1, -0.05) is 17.7 Å². The minimum absolute atomic E-state index is 0.239. The van der Waals surface area contributed by atoms with Crippen LogP contribution in [-0.2, 0) is 4.79 Å². The average Bonchev–Trinajstić information content (AvgIpc) is 3.07. The number of hydrogen-bond donors (Lipinski definition) is 0. The number of halogens is 1. The second kappa shape index (κ2) is 6.49. The van der Waals surface area contributed by atoms with E-state index in [2.05, 4.69) is 15.9 Å². The van der Waals surface area contributed by atoms with Crippen molar-refractivity contribution in [2.75, 3.05) is 11.4 Å². The Morgan fingerprint density at radius 1 is 1.17 bits per heavy atom. The van der Waals surface area contributed by atoms with Crippen LogP contribution in [0.15, 0.2) is 40.2 Å². The SMILES string of the molecule is Cc1ccc(N2C(=O)N(CC(=O)c3ccc(Br)s3)C(=O)[C@H]2C)cc1. The largest absolute Gasteiger partial charge is 0.332 e. The lowest BCUT2D eigenvalue weighted by Crippen LogP contribution is -2.36. The van der Waals surface area contributed by atoms with Crippen LogP contribution in [0.4, 0.5) is 10.5 Å². The van der Waals surface area contributed by atoms with Gasteiger partial charge in [0.1, 0.15) is 6.04 Å². The van der Waals surface area contributed by atoms with Gasteiger partial charge in [-0.05, 0) is 54.0 Å². The predicted molar refractivity (Wildman–Crippen MR) is 96.6 cm³/mol. The number of hydrogen-bond acceptors (Lipinski definition) is 4. The number of thiophene rings is 1. The fourth-order valence-corrected chi connectivity index (χ4v) is 3.91. The molecule has 3 amide bonds. The summed E-state index contributed by atoms with van der Waals surface area (Å²) in [7, 11) is 0. The van der Waals surface area contributed by atoms with Crippen LogP contribution in [0.25, 0.3) is 0 Å². The number of anilines is 1. The third-order valence-electron chi connectivity index (χ3n) is 3.91. The van der Waals surface area contributed by atoms with Crippen molar-refractivity contribution >= 4 is 50.7 Å². The number of amides is 3. The number of carbonyl (C=O) groups is 3. The number of benzene rings is 1. The van der Waals surface area contributed by atoms with Crippen LogP contribution < -0.4 is 4.90 Å². The van der Waals surface area contributed by atoms with Crippen LogP contribution in [0.1, 0.15) is 22.2 Å². The Kier molecular flexibility index (Phi) is 4.56. The first-order valence-electron chi connectivity index (χ1n) is 7.38. The molecule has 0 saturated carbocycles. The standard InChI is InChI=1S/C17H15BrN2O3S/c1-10-3-5-12(6-4-10)20-11(2)16(22)19(17(20)23)9-13(21)14-7-8-15(18)24-14/h3-8,11H,9H2,1-2H3/t11-/m1/s1. The molecule has 2 heterocycles. The van der Waals surface area contributed by atoms with E-state index in [1.807, 2.05) is 19.1 Å². The summed E-state index contributed by atoms with van der Waals surface area (Å²) in [4.78, 5) is 40.4. The molecule has 0 radical (unpaired) electrons. The molecule has 7 heteroatoms. The third kappa shape index (κ3) is 3.01. The first-order valence-corrected chi connectivity index (χ1v) is 8.99. The van der Waals surface area contributed by atoms with Gasteiger partial charge < -0.3 is 0 Å². The maximum Gasteiger partial charge on any atom is 0.332 e. The number of urea groups is 1. The molecular formula is C17H15BrN2O3S. The first kappa shape index (κ1) is 16.9. The minimum atomic E-state index is -0.622. The summed E-state index contributed by atoms with van der Waals surface area (Å²) in [5.41, 5.74) is 1.72. The van der Waals surface area contributed by atoms with Crippen molar-refractivity contribution in [3.63, 3.8) is 0 Å². The lowest BCUT2D eigenvalue weighted by Gasteiger charge is -2.19. The quantitative estimate of drug-likeness (QED) is 0.571. The smallest absolute Gasteiger partial charge is 0.291 e. The Balaban J connectivity index is 1.82. The van der Waals surface area contributed by atoms with Crippen LogP contribution in [0.5, 0.6) is 0 Å². The van der Waals surface area contributed by atoms with Gasteiger partial charge in [-0.25, -0.2) is 4.79 Å². The van der Waals surface area contributed by atoms with Crippen LogP contribution in [-0.4, -0.2) is 35.2 Å². The molecule has 1 aliphatic heterocycles. The topological polar surface area (TPSA) is 57.7 Å². The Morgan fingerprint density at radius 3 is 2.42 bits per heavy atom. The van der Waals surface area contributed by atoms with Gasteiger partial charge in [-0.2, -0.15) is 0 Å². The molecule has 0 aliphatic carbocycles. The average molecular weight is 407 g/mol. The molecule has 24 heavy (non-hydrogen) atoms. The van der Waals surface area contributed by atoms with Crippen LogP contribution in [0.2, 0.25) is 0 Å². The normalized spacial score (nSPS) is 17.7. The summed E-state index contributed by atoms with van der Waals surface area (Å²) >= 11 is 4.59. The summed E-state index contributed by atoms with van der Waals surface area (Å²) < 4.78 is 0.833. The van der Waals surface area contributed by atoms with Gasteiger partial charge in [-0.15, -0.1) is 11.3 Å². The van der Waals surface area contributed by atoms with Gasteiger partial charge in [0, 0.05) is 5.69 Å². The maximum absolute atomic E-state index is 12.7. The van der Waals surface area contributed by atoms with Crippen molar-refractivity contribution in [3.05, 3.63) is 50.6 Å². The van der Waals surface area contributed by atoms with E-state index >= 15 is 0 Å². The molecule has 0 bridgehead atoms. The number of carbonyl (C=O) groups excluding carboxylic acids is 3. The molecule has 2 aromatic rings. The van der Waals surface area contributed by atoms with Crippen molar-refractivity contribution in [1.82, 2.24) is 4.90 Å². The van der Waals surface area contributed by atoms with Crippen molar-refractivity contribution < 1.29 is 14.4 Å². The maximum atomic E-state index is 12.7. The van der Waals surface area contributed by atoms with Crippen molar-refractivity contribution in [2.45, 2.75) is 19.9 Å². The van der Waals surface area contributed by atoms with Crippen molar-refractivity contribution in [2.24, 2.45) is 0 Å². The second-order valence-electron chi connectivity index (χ2n) is 5.62. The molecule has 124 valence electrons. The molecule has 1 aromatic carbocycles. The fourth-order valence-electron chi connectivity index (χ4n) is 2.60. The summed E-state index contributed by atoms with van der Waals surface area (Å²) in [5, 5.41) is 0. The Bertz CT molecular complexity index is 815. The zero-order valence-electron chi connectivity index (χ0n) is 13.2. The molecule has 5 nitrogen and oxygen atoms in total. The van der Waals surface area contributed by atoms with Crippen LogP contribution in [0.3, 0.4) is 0 Å². The monoisotopic (exact) mass is 406 g/mol. The highest BCUT2D eigenvalue weighted by Gasteiger charge is 2.44.